The van der Waals surface area contributed by atoms with E-state index in [2.05, 4.69) is 40.7 Å². The van der Waals surface area contributed by atoms with Crippen LogP contribution in [0.2, 0.25) is 0 Å². The molecule has 0 radical (unpaired) electrons. The number of aromatic nitrogens is 3. The molecule has 0 saturated heterocycles. The van der Waals surface area contributed by atoms with E-state index < -0.39 is 0 Å². The Hall–Kier alpha value is -2.34. The van der Waals surface area contributed by atoms with Crippen LogP contribution in [-0.4, -0.2) is 21.5 Å². The maximum absolute atomic E-state index is 5.82. The highest BCUT2D eigenvalue weighted by atomic mass is 32.1. The van der Waals surface area contributed by atoms with Crippen LogP contribution in [0.5, 0.6) is 5.75 Å². The van der Waals surface area contributed by atoms with Gasteiger partial charge in [0.25, 0.3) is 0 Å². The van der Waals surface area contributed by atoms with Crippen molar-refractivity contribution in [3.8, 4) is 5.75 Å². The zero-order valence-electron chi connectivity index (χ0n) is 14.0. The van der Waals surface area contributed by atoms with E-state index in [9.17, 15) is 0 Å². The van der Waals surface area contributed by atoms with Crippen LogP contribution in [0, 0.1) is 4.77 Å². The third-order valence-corrected chi connectivity index (χ3v) is 4.20. The number of hydrogen-bond acceptors (Lipinski definition) is 4. The molecule has 0 saturated carbocycles. The Kier molecular flexibility index (Phi) is 5.15. The number of fused-ring (bicyclic) bond motifs is 1. The maximum atomic E-state index is 5.82. The number of H-pyrrole nitrogens is 1. The average Bonchev–Trinajstić information content (AvgIpc) is 2.94. The lowest BCUT2D eigenvalue weighted by atomic mass is 10.0. The van der Waals surface area contributed by atoms with Crippen LogP contribution in [0.3, 0.4) is 0 Å². The number of ether oxygens (including phenoxy) is 1. The molecule has 0 atom stereocenters. The molecule has 0 aliphatic heterocycles. The normalized spacial score (nSPS) is 10.9. The molecule has 5 nitrogen and oxygen atoms in total. The van der Waals surface area contributed by atoms with E-state index in [1.165, 1.54) is 10.8 Å². The van der Waals surface area contributed by atoms with Crippen LogP contribution in [-0.2, 0) is 13.0 Å². The smallest absolute Gasteiger partial charge is 0.214 e. The first-order valence-electron chi connectivity index (χ1n) is 8.28. The van der Waals surface area contributed by atoms with Gasteiger partial charge in [0, 0.05) is 12.0 Å². The topological polar surface area (TPSA) is 54.9 Å². The van der Waals surface area contributed by atoms with Gasteiger partial charge in [-0.2, -0.15) is 5.10 Å². The molecule has 0 unspecified atom stereocenters. The Bertz CT molecular complexity index is 884. The number of rotatable bonds is 7. The Balaban J connectivity index is 1.96. The molecule has 1 heterocycles. The van der Waals surface area contributed by atoms with Gasteiger partial charge in [0.15, 0.2) is 5.82 Å². The van der Waals surface area contributed by atoms with Gasteiger partial charge in [-0.15, -0.1) is 0 Å². The summed E-state index contributed by atoms with van der Waals surface area (Å²) in [5.41, 5.74) is 4.52. The van der Waals surface area contributed by atoms with Crippen LogP contribution in [0.4, 0.5) is 0 Å². The fourth-order valence-electron chi connectivity index (χ4n) is 2.83. The summed E-state index contributed by atoms with van der Waals surface area (Å²) in [5.74, 6) is 1.82. The minimum Gasteiger partial charge on any atom is -0.494 e. The van der Waals surface area contributed by atoms with Gasteiger partial charge in [0.1, 0.15) is 5.75 Å². The Labute approximate surface area is 146 Å². The predicted molar refractivity (Wildman–Crippen MR) is 99.6 cm³/mol. The van der Waals surface area contributed by atoms with Gasteiger partial charge in [-0.3, -0.25) is 5.10 Å². The number of nitrogens with one attached hydrogen (secondary N) is 2. The molecule has 1 aromatic heterocycles. The molecule has 24 heavy (non-hydrogen) atoms. The monoisotopic (exact) mass is 342 g/mol. The SMILES string of the molecule is CCCc1n[nH]c(=S)n1NCc1c(OCC)ccc2ccccc12. The van der Waals surface area contributed by atoms with E-state index in [0.29, 0.717) is 17.9 Å². The second-order valence-electron chi connectivity index (χ2n) is 5.56. The van der Waals surface area contributed by atoms with Gasteiger partial charge in [-0.25, -0.2) is 4.68 Å². The summed E-state index contributed by atoms with van der Waals surface area (Å²) in [6, 6.07) is 12.5. The van der Waals surface area contributed by atoms with Crippen LogP contribution in [0.15, 0.2) is 36.4 Å². The molecule has 3 aromatic rings. The Morgan fingerprint density at radius 1 is 1.21 bits per heavy atom. The van der Waals surface area contributed by atoms with Crippen molar-refractivity contribution < 1.29 is 4.74 Å². The lowest BCUT2D eigenvalue weighted by molar-refractivity contribution is 0.337. The predicted octanol–water partition coefficient (Wildman–Crippen LogP) is 4.19. The zero-order valence-corrected chi connectivity index (χ0v) is 14.8. The van der Waals surface area contributed by atoms with E-state index >= 15 is 0 Å². The fourth-order valence-corrected chi connectivity index (χ4v) is 3.05. The van der Waals surface area contributed by atoms with Crippen molar-refractivity contribution in [1.29, 1.82) is 0 Å². The van der Waals surface area contributed by atoms with Gasteiger partial charge >= 0.3 is 0 Å². The average molecular weight is 342 g/mol. The van der Waals surface area contributed by atoms with Crippen molar-refractivity contribution in [2.45, 2.75) is 33.2 Å². The molecule has 126 valence electrons. The second-order valence-corrected chi connectivity index (χ2v) is 5.95. The molecule has 0 aliphatic rings. The quantitative estimate of drug-likeness (QED) is 0.632. The highest BCUT2D eigenvalue weighted by molar-refractivity contribution is 7.71. The minimum absolute atomic E-state index is 0.580. The molecule has 3 rings (SSSR count). The lowest BCUT2D eigenvalue weighted by Gasteiger charge is -2.16. The van der Waals surface area contributed by atoms with E-state index in [0.717, 1.165) is 30.0 Å². The highest BCUT2D eigenvalue weighted by Crippen LogP contribution is 2.28. The van der Waals surface area contributed by atoms with Crippen LogP contribution < -0.4 is 10.2 Å². The minimum atomic E-state index is 0.580. The van der Waals surface area contributed by atoms with Crippen molar-refractivity contribution >= 4 is 23.0 Å². The van der Waals surface area contributed by atoms with Gasteiger partial charge in [0.05, 0.1) is 13.2 Å². The van der Waals surface area contributed by atoms with E-state index in [4.69, 9.17) is 17.0 Å². The van der Waals surface area contributed by atoms with Crippen molar-refractivity contribution in [1.82, 2.24) is 14.9 Å². The molecule has 0 aliphatic carbocycles. The van der Waals surface area contributed by atoms with Crippen molar-refractivity contribution in [3.63, 3.8) is 0 Å². The number of benzene rings is 2. The fraction of sp³-hybridized carbons (Fsp3) is 0.333. The summed E-state index contributed by atoms with van der Waals surface area (Å²) in [6.07, 6.45) is 1.88. The second kappa shape index (κ2) is 7.49. The van der Waals surface area contributed by atoms with Gasteiger partial charge in [0.2, 0.25) is 4.77 Å². The molecular formula is C18H22N4OS. The number of aryl methyl sites for hydroxylation is 1. The molecule has 0 bridgehead atoms. The third kappa shape index (κ3) is 3.28. The largest absolute Gasteiger partial charge is 0.494 e. The summed E-state index contributed by atoms with van der Waals surface area (Å²) < 4.78 is 8.26. The first-order valence-corrected chi connectivity index (χ1v) is 8.69. The molecule has 0 fully saturated rings. The Morgan fingerprint density at radius 3 is 2.83 bits per heavy atom. The maximum Gasteiger partial charge on any atom is 0.214 e. The summed E-state index contributed by atoms with van der Waals surface area (Å²) in [7, 11) is 0. The van der Waals surface area contributed by atoms with Gasteiger partial charge in [-0.05, 0) is 42.4 Å². The summed E-state index contributed by atoms with van der Waals surface area (Å²) in [6.45, 7) is 5.37. The number of hydrogen-bond donors (Lipinski definition) is 2. The van der Waals surface area contributed by atoms with Crippen LogP contribution in [0.1, 0.15) is 31.7 Å². The first-order chi connectivity index (χ1) is 11.7. The Morgan fingerprint density at radius 2 is 2.04 bits per heavy atom. The van der Waals surface area contributed by atoms with Crippen molar-refractivity contribution in [2.24, 2.45) is 0 Å². The van der Waals surface area contributed by atoms with E-state index in [1.54, 1.807) is 0 Å². The van der Waals surface area contributed by atoms with Crippen molar-refractivity contribution in [2.75, 3.05) is 12.0 Å². The number of aromatic amines is 1. The molecule has 0 amide bonds. The van der Waals surface area contributed by atoms with Crippen molar-refractivity contribution in [3.05, 3.63) is 52.6 Å². The molecule has 2 aromatic carbocycles. The van der Waals surface area contributed by atoms with Crippen LogP contribution in [0.25, 0.3) is 10.8 Å². The molecule has 0 spiro atoms. The van der Waals surface area contributed by atoms with E-state index in [1.807, 2.05) is 29.8 Å². The van der Waals surface area contributed by atoms with Gasteiger partial charge < -0.3 is 10.2 Å². The zero-order chi connectivity index (χ0) is 16.9. The molecular weight excluding hydrogens is 320 g/mol. The standard InChI is InChI=1S/C18H22N4OS/c1-3-7-17-20-21-18(24)22(17)19-12-15-14-9-6-5-8-13(14)10-11-16(15)23-4-2/h5-6,8-11,19H,3-4,7,12H2,1-2H3,(H,21,24). The summed E-state index contributed by atoms with van der Waals surface area (Å²) in [4.78, 5) is 0. The van der Waals surface area contributed by atoms with Gasteiger partial charge in [-0.1, -0.05) is 37.3 Å². The molecule has 6 heteroatoms. The third-order valence-electron chi connectivity index (χ3n) is 3.93. The molecule has 2 N–H and O–H groups in total. The van der Waals surface area contributed by atoms with Crippen LogP contribution >= 0.6 is 12.2 Å². The lowest BCUT2D eigenvalue weighted by Crippen LogP contribution is -2.18. The first kappa shape index (κ1) is 16.5. The number of nitrogens with zero attached hydrogens (tertiary/aromatic N) is 2. The van der Waals surface area contributed by atoms with E-state index in [-0.39, 0.29) is 0 Å². The highest BCUT2D eigenvalue weighted by Gasteiger charge is 2.10. The summed E-state index contributed by atoms with van der Waals surface area (Å²) in [5, 5.41) is 9.53. The summed E-state index contributed by atoms with van der Waals surface area (Å²) >= 11 is 5.33.